The van der Waals surface area contributed by atoms with Crippen LogP contribution >= 0.6 is 12.2 Å². The summed E-state index contributed by atoms with van der Waals surface area (Å²) in [5.74, 6) is 1.58. The maximum absolute atomic E-state index is 12.2. The van der Waals surface area contributed by atoms with E-state index in [1.807, 2.05) is 48.5 Å². The van der Waals surface area contributed by atoms with Gasteiger partial charge < -0.3 is 19.5 Å². The third kappa shape index (κ3) is 7.66. The number of hydrogen-bond donors (Lipinski definition) is 2. The number of methoxy groups -OCH3 is 2. The lowest BCUT2D eigenvalue weighted by Crippen LogP contribution is -2.32. The molecule has 3 rings (SSSR count). The van der Waals surface area contributed by atoms with Crippen LogP contribution in [0, 0.1) is 0 Å². The molecule has 33 heavy (non-hydrogen) atoms. The average molecular weight is 463 g/mol. The highest BCUT2D eigenvalue weighted by Gasteiger charge is 2.05. The molecule has 0 radical (unpaired) electrons. The molecule has 1 amide bonds. The second-order valence-corrected chi connectivity index (χ2v) is 7.41. The number of carbonyl (C=O) groups excluding carboxylic acids is 1. The summed E-state index contributed by atoms with van der Waals surface area (Å²) in [6.45, 7) is 0.565. The van der Waals surface area contributed by atoms with Crippen LogP contribution < -0.4 is 24.8 Å². The van der Waals surface area contributed by atoms with Crippen molar-refractivity contribution in [2.45, 2.75) is 6.42 Å². The van der Waals surface area contributed by atoms with Gasteiger partial charge in [-0.1, -0.05) is 42.5 Å². The van der Waals surface area contributed by atoms with Gasteiger partial charge in [0.25, 0.3) is 0 Å². The smallest absolute Gasteiger partial charge is 0.250 e. The molecule has 3 aromatic carbocycles. The van der Waals surface area contributed by atoms with Crippen LogP contribution in [-0.4, -0.2) is 31.8 Å². The quantitative estimate of drug-likeness (QED) is 0.350. The Balaban J connectivity index is 1.49. The number of nitrogens with one attached hydrogen (secondary N) is 2. The van der Waals surface area contributed by atoms with Crippen molar-refractivity contribution in [1.82, 2.24) is 5.32 Å². The van der Waals surface area contributed by atoms with Crippen molar-refractivity contribution in [3.8, 4) is 17.2 Å². The van der Waals surface area contributed by atoms with Crippen molar-refractivity contribution in [1.29, 1.82) is 0 Å². The van der Waals surface area contributed by atoms with Gasteiger partial charge in [0.2, 0.25) is 5.91 Å². The fourth-order valence-corrected chi connectivity index (χ4v) is 3.26. The average Bonchev–Trinajstić information content (AvgIpc) is 2.83. The van der Waals surface area contributed by atoms with E-state index in [1.54, 1.807) is 32.4 Å². The Morgan fingerprint density at radius 1 is 0.939 bits per heavy atom. The lowest BCUT2D eigenvalue weighted by Gasteiger charge is -2.11. The van der Waals surface area contributed by atoms with Crippen LogP contribution in [0.25, 0.3) is 6.08 Å². The maximum Gasteiger partial charge on any atom is 0.250 e. The zero-order valence-electron chi connectivity index (χ0n) is 18.5. The van der Waals surface area contributed by atoms with Crippen LogP contribution in [0.1, 0.15) is 11.1 Å². The van der Waals surface area contributed by atoms with Crippen molar-refractivity contribution in [3.05, 3.63) is 90.0 Å². The van der Waals surface area contributed by atoms with E-state index >= 15 is 0 Å². The zero-order chi connectivity index (χ0) is 23.5. The van der Waals surface area contributed by atoms with E-state index in [1.165, 1.54) is 11.6 Å². The molecule has 3 aromatic rings. The molecule has 0 aliphatic heterocycles. The van der Waals surface area contributed by atoms with Crippen LogP contribution in [0.2, 0.25) is 0 Å². The first-order chi connectivity index (χ1) is 16.1. The van der Waals surface area contributed by atoms with Gasteiger partial charge in [-0.25, -0.2) is 0 Å². The minimum atomic E-state index is -0.349. The number of anilines is 1. The first kappa shape index (κ1) is 23.8. The molecule has 6 nitrogen and oxygen atoms in total. The number of rotatable bonds is 9. The number of thiocarbonyl (C=S) groups is 1. The SMILES string of the molecule is COc1ccc(/C=C/C(=O)NC(=S)Nc2cccc(OCCc3ccccc3)c2)cc1OC. The molecule has 2 N–H and O–H groups in total. The summed E-state index contributed by atoms with van der Waals surface area (Å²) in [6.07, 6.45) is 3.89. The Bertz CT molecular complexity index is 1120. The van der Waals surface area contributed by atoms with E-state index in [0.717, 1.165) is 23.4 Å². The number of ether oxygens (including phenoxy) is 3. The fraction of sp³-hybridized carbons (Fsp3) is 0.154. The van der Waals surface area contributed by atoms with Gasteiger partial charge in [-0.05, 0) is 53.7 Å². The van der Waals surface area contributed by atoms with E-state index in [2.05, 4.69) is 22.8 Å². The second-order valence-electron chi connectivity index (χ2n) is 7.00. The van der Waals surface area contributed by atoms with Gasteiger partial charge in [-0.15, -0.1) is 0 Å². The van der Waals surface area contributed by atoms with Gasteiger partial charge in [0, 0.05) is 24.3 Å². The van der Waals surface area contributed by atoms with Crippen molar-refractivity contribution in [2.24, 2.45) is 0 Å². The summed E-state index contributed by atoms with van der Waals surface area (Å²) < 4.78 is 16.3. The van der Waals surface area contributed by atoms with Gasteiger partial charge in [-0.2, -0.15) is 0 Å². The minimum absolute atomic E-state index is 0.193. The Morgan fingerprint density at radius 3 is 2.48 bits per heavy atom. The molecule has 0 aromatic heterocycles. The fourth-order valence-electron chi connectivity index (χ4n) is 3.04. The van der Waals surface area contributed by atoms with Crippen LogP contribution in [-0.2, 0) is 11.2 Å². The van der Waals surface area contributed by atoms with E-state index in [9.17, 15) is 4.79 Å². The molecule has 0 fully saturated rings. The molecule has 170 valence electrons. The molecule has 7 heteroatoms. The third-order valence-corrected chi connectivity index (χ3v) is 4.87. The summed E-state index contributed by atoms with van der Waals surface area (Å²) in [7, 11) is 3.13. The highest BCUT2D eigenvalue weighted by molar-refractivity contribution is 7.80. The van der Waals surface area contributed by atoms with E-state index in [4.69, 9.17) is 26.4 Å². The van der Waals surface area contributed by atoms with Gasteiger partial charge in [0.05, 0.1) is 20.8 Å². The molecule has 0 atom stereocenters. The van der Waals surface area contributed by atoms with Gasteiger partial charge >= 0.3 is 0 Å². The van der Waals surface area contributed by atoms with Crippen molar-refractivity contribution in [3.63, 3.8) is 0 Å². The summed E-state index contributed by atoms with van der Waals surface area (Å²) in [5.41, 5.74) is 2.74. The van der Waals surface area contributed by atoms with Crippen LogP contribution in [0.5, 0.6) is 17.2 Å². The molecule has 0 aliphatic rings. The van der Waals surface area contributed by atoms with E-state index in [0.29, 0.717) is 18.1 Å². The number of benzene rings is 3. The van der Waals surface area contributed by atoms with Gasteiger partial charge in [0.1, 0.15) is 5.75 Å². The molecule has 0 saturated heterocycles. The first-order valence-electron chi connectivity index (χ1n) is 10.4. The molecule has 0 spiro atoms. The molecule has 0 bridgehead atoms. The van der Waals surface area contributed by atoms with E-state index in [-0.39, 0.29) is 11.0 Å². The lowest BCUT2D eigenvalue weighted by molar-refractivity contribution is -0.115. The van der Waals surface area contributed by atoms with Crippen molar-refractivity contribution in [2.75, 3.05) is 26.1 Å². The van der Waals surface area contributed by atoms with E-state index < -0.39 is 0 Å². The Kier molecular flexibility index (Phi) is 8.85. The molecule has 0 saturated carbocycles. The molecule has 0 aliphatic carbocycles. The first-order valence-corrected chi connectivity index (χ1v) is 10.8. The summed E-state index contributed by atoms with van der Waals surface area (Å²) in [4.78, 5) is 12.2. The molecule has 0 heterocycles. The third-order valence-electron chi connectivity index (χ3n) is 4.67. The maximum atomic E-state index is 12.2. The summed E-state index contributed by atoms with van der Waals surface area (Å²) in [5, 5.41) is 5.83. The van der Waals surface area contributed by atoms with Crippen LogP contribution in [0.3, 0.4) is 0 Å². The van der Waals surface area contributed by atoms with Crippen molar-refractivity contribution < 1.29 is 19.0 Å². The largest absolute Gasteiger partial charge is 0.493 e. The standard InChI is InChI=1S/C26H26N2O4S/c1-30-23-13-11-20(17-24(23)31-2)12-14-25(29)28-26(33)27-21-9-6-10-22(18-21)32-16-15-19-7-4-3-5-8-19/h3-14,17-18H,15-16H2,1-2H3,(H2,27,28,29,33)/b14-12+. The number of carbonyl (C=O) groups is 1. The normalized spacial score (nSPS) is 10.5. The van der Waals surface area contributed by atoms with Crippen LogP contribution in [0.4, 0.5) is 5.69 Å². The minimum Gasteiger partial charge on any atom is -0.493 e. The highest BCUT2D eigenvalue weighted by Crippen LogP contribution is 2.27. The number of amides is 1. The molecular formula is C26H26N2O4S. The number of hydrogen-bond acceptors (Lipinski definition) is 5. The lowest BCUT2D eigenvalue weighted by atomic mass is 10.2. The van der Waals surface area contributed by atoms with Crippen molar-refractivity contribution >= 4 is 35.0 Å². The topological polar surface area (TPSA) is 68.8 Å². The second kappa shape index (κ2) is 12.3. The van der Waals surface area contributed by atoms with Gasteiger partial charge in [-0.3, -0.25) is 10.1 Å². The molecule has 0 unspecified atom stereocenters. The summed E-state index contributed by atoms with van der Waals surface area (Å²) >= 11 is 5.26. The Hall–Kier alpha value is -3.84. The van der Waals surface area contributed by atoms with Crippen LogP contribution in [0.15, 0.2) is 78.9 Å². The predicted molar refractivity (Wildman–Crippen MR) is 135 cm³/mol. The predicted octanol–water partition coefficient (Wildman–Crippen LogP) is 4.85. The monoisotopic (exact) mass is 462 g/mol. The molecular weight excluding hydrogens is 436 g/mol. The Labute approximate surface area is 199 Å². The van der Waals surface area contributed by atoms with Gasteiger partial charge in [0.15, 0.2) is 16.6 Å². The Morgan fingerprint density at radius 2 is 1.73 bits per heavy atom. The summed E-state index contributed by atoms with van der Waals surface area (Å²) in [6, 6.07) is 23.0. The zero-order valence-corrected chi connectivity index (χ0v) is 19.4. The highest BCUT2D eigenvalue weighted by atomic mass is 32.1.